The predicted molar refractivity (Wildman–Crippen MR) is 119 cm³/mol. The molecule has 0 unspecified atom stereocenters. The lowest BCUT2D eigenvalue weighted by atomic mass is 9.96. The molecular formula is C22H27N3O2S2. The standard InChI is InChI=1S/C22H27N3O2S2/c1-24(2)29(26,27)17-9-10-22-20(16-17)18(19-6-3-4-8-21(19)28-22)7-5-13-25-14-11-23-12-15-25/h3-4,6-10,16,23H,5,11-15H2,1-2H3. The largest absolute Gasteiger partial charge is 0.314 e. The van der Waals surface area contributed by atoms with Gasteiger partial charge in [0.15, 0.2) is 0 Å². The van der Waals surface area contributed by atoms with Gasteiger partial charge in [-0.3, -0.25) is 0 Å². The molecule has 1 N–H and O–H groups in total. The number of benzene rings is 2. The minimum atomic E-state index is -3.47. The van der Waals surface area contributed by atoms with Crippen molar-refractivity contribution in [3.05, 3.63) is 59.7 Å². The van der Waals surface area contributed by atoms with Crippen molar-refractivity contribution in [2.45, 2.75) is 21.1 Å². The molecule has 0 aliphatic carbocycles. The van der Waals surface area contributed by atoms with E-state index in [2.05, 4.69) is 40.6 Å². The summed E-state index contributed by atoms with van der Waals surface area (Å²) in [6.07, 6.45) is 3.23. The maximum Gasteiger partial charge on any atom is 0.242 e. The fraction of sp³-hybridized carbons (Fsp3) is 0.364. The van der Waals surface area contributed by atoms with Gasteiger partial charge in [-0.25, -0.2) is 12.7 Å². The summed E-state index contributed by atoms with van der Waals surface area (Å²) in [5.41, 5.74) is 3.34. The van der Waals surface area contributed by atoms with Crippen molar-refractivity contribution in [1.82, 2.24) is 14.5 Å². The molecule has 4 rings (SSSR count). The van der Waals surface area contributed by atoms with E-state index < -0.39 is 10.0 Å². The number of hydrogen-bond donors (Lipinski definition) is 1. The summed E-state index contributed by atoms with van der Waals surface area (Å²) in [4.78, 5) is 5.14. The Balaban J connectivity index is 1.70. The third-order valence-electron chi connectivity index (χ3n) is 5.42. The minimum Gasteiger partial charge on any atom is -0.314 e. The predicted octanol–water partition coefficient (Wildman–Crippen LogP) is 3.13. The van der Waals surface area contributed by atoms with Gasteiger partial charge in [-0.05, 0) is 47.4 Å². The van der Waals surface area contributed by atoms with Crippen LogP contribution in [-0.2, 0) is 10.0 Å². The first-order chi connectivity index (χ1) is 14.0. The second-order valence-corrected chi connectivity index (χ2v) is 10.8. The molecule has 29 heavy (non-hydrogen) atoms. The summed E-state index contributed by atoms with van der Waals surface area (Å²) in [5, 5.41) is 3.39. The van der Waals surface area contributed by atoms with Crippen LogP contribution in [0.1, 0.15) is 17.5 Å². The quantitative estimate of drug-likeness (QED) is 0.675. The van der Waals surface area contributed by atoms with E-state index in [9.17, 15) is 8.42 Å². The molecule has 2 heterocycles. The van der Waals surface area contributed by atoms with Crippen LogP contribution < -0.4 is 5.32 Å². The fourth-order valence-electron chi connectivity index (χ4n) is 3.77. The Bertz CT molecular complexity index is 1030. The van der Waals surface area contributed by atoms with Crippen molar-refractivity contribution in [2.24, 2.45) is 0 Å². The molecule has 2 aliphatic heterocycles. The van der Waals surface area contributed by atoms with Crippen molar-refractivity contribution in [2.75, 3.05) is 46.8 Å². The highest BCUT2D eigenvalue weighted by Gasteiger charge is 2.24. The summed E-state index contributed by atoms with van der Waals surface area (Å²) in [6, 6.07) is 13.9. The maximum atomic E-state index is 12.7. The first-order valence-corrected chi connectivity index (χ1v) is 12.2. The molecule has 1 fully saturated rings. The summed E-state index contributed by atoms with van der Waals surface area (Å²) in [7, 11) is -0.322. The van der Waals surface area contributed by atoms with E-state index in [0.29, 0.717) is 4.90 Å². The highest BCUT2D eigenvalue weighted by atomic mass is 32.2. The smallest absolute Gasteiger partial charge is 0.242 e. The van der Waals surface area contributed by atoms with Gasteiger partial charge in [0.25, 0.3) is 0 Å². The Kier molecular flexibility index (Phi) is 6.13. The molecule has 0 aromatic heterocycles. The minimum absolute atomic E-state index is 0.342. The number of nitrogens with zero attached hydrogens (tertiary/aromatic N) is 2. The maximum absolute atomic E-state index is 12.7. The zero-order valence-corrected chi connectivity index (χ0v) is 18.5. The van der Waals surface area contributed by atoms with Gasteiger partial charge < -0.3 is 10.2 Å². The zero-order chi connectivity index (χ0) is 20.4. The van der Waals surface area contributed by atoms with E-state index in [0.717, 1.165) is 55.2 Å². The van der Waals surface area contributed by atoms with Crippen LogP contribution in [0.4, 0.5) is 0 Å². The van der Waals surface area contributed by atoms with Gasteiger partial charge >= 0.3 is 0 Å². The SMILES string of the molecule is CN(C)S(=O)(=O)c1ccc2c(c1)C(=CCCN1CCNCC1)c1ccccc1S2. The van der Waals surface area contributed by atoms with Crippen molar-refractivity contribution in [3.8, 4) is 0 Å². The van der Waals surface area contributed by atoms with Crippen molar-refractivity contribution < 1.29 is 8.42 Å². The van der Waals surface area contributed by atoms with Gasteiger partial charge in [0, 0.05) is 56.6 Å². The highest BCUT2D eigenvalue weighted by Crippen LogP contribution is 2.46. The van der Waals surface area contributed by atoms with Crippen LogP contribution in [0.5, 0.6) is 0 Å². The Morgan fingerprint density at radius 3 is 2.55 bits per heavy atom. The monoisotopic (exact) mass is 429 g/mol. The number of rotatable bonds is 5. The highest BCUT2D eigenvalue weighted by molar-refractivity contribution is 7.99. The molecule has 154 valence electrons. The Morgan fingerprint density at radius 2 is 1.79 bits per heavy atom. The van der Waals surface area contributed by atoms with Crippen LogP contribution in [0.15, 0.2) is 63.2 Å². The summed E-state index contributed by atoms with van der Waals surface area (Å²) in [5.74, 6) is 0. The molecule has 0 atom stereocenters. The van der Waals surface area contributed by atoms with Gasteiger partial charge in [-0.15, -0.1) is 0 Å². The van der Waals surface area contributed by atoms with Crippen molar-refractivity contribution in [3.63, 3.8) is 0 Å². The molecule has 0 amide bonds. The van der Waals surface area contributed by atoms with Crippen LogP contribution in [0.3, 0.4) is 0 Å². The summed E-state index contributed by atoms with van der Waals surface area (Å²) >= 11 is 1.71. The normalized spacial score (nSPS) is 18.7. The molecule has 0 spiro atoms. The fourth-order valence-corrected chi connectivity index (χ4v) is 5.78. The molecule has 0 bridgehead atoms. The molecule has 2 aromatic rings. The molecule has 0 saturated carbocycles. The Hall–Kier alpha value is -1.64. The van der Waals surface area contributed by atoms with E-state index in [-0.39, 0.29) is 0 Å². The van der Waals surface area contributed by atoms with E-state index in [1.54, 1.807) is 31.9 Å². The van der Waals surface area contributed by atoms with Gasteiger partial charge in [0.05, 0.1) is 4.90 Å². The van der Waals surface area contributed by atoms with Gasteiger partial charge in [0.2, 0.25) is 10.0 Å². The average molecular weight is 430 g/mol. The first kappa shape index (κ1) is 20.6. The van der Waals surface area contributed by atoms with Crippen LogP contribution in [0.2, 0.25) is 0 Å². The average Bonchev–Trinajstić information content (AvgIpc) is 2.73. The van der Waals surface area contributed by atoms with Crippen LogP contribution >= 0.6 is 11.8 Å². The van der Waals surface area contributed by atoms with Gasteiger partial charge in [-0.2, -0.15) is 0 Å². The zero-order valence-electron chi connectivity index (χ0n) is 16.9. The molecule has 1 saturated heterocycles. The topological polar surface area (TPSA) is 52.7 Å². The lowest BCUT2D eigenvalue weighted by Gasteiger charge is -2.27. The third-order valence-corrected chi connectivity index (χ3v) is 8.38. The number of nitrogens with one attached hydrogen (secondary N) is 1. The number of hydrogen-bond acceptors (Lipinski definition) is 5. The Labute approximate surface area is 177 Å². The lowest BCUT2D eigenvalue weighted by molar-refractivity contribution is 0.245. The Morgan fingerprint density at radius 1 is 1.07 bits per heavy atom. The number of fused-ring (bicyclic) bond motifs is 2. The van der Waals surface area contributed by atoms with Crippen molar-refractivity contribution in [1.29, 1.82) is 0 Å². The van der Waals surface area contributed by atoms with Crippen LogP contribution in [-0.4, -0.2) is 64.4 Å². The lowest BCUT2D eigenvalue weighted by Crippen LogP contribution is -2.43. The van der Waals surface area contributed by atoms with Crippen molar-refractivity contribution >= 4 is 27.4 Å². The number of piperazine rings is 1. The van der Waals surface area contributed by atoms with E-state index >= 15 is 0 Å². The molecule has 7 heteroatoms. The molecular weight excluding hydrogens is 402 g/mol. The van der Waals surface area contributed by atoms with E-state index in [4.69, 9.17) is 0 Å². The molecule has 0 radical (unpaired) electrons. The van der Waals surface area contributed by atoms with E-state index in [1.165, 1.54) is 14.8 Å². The van der Waals surface area contributed by atoms with Gasteiger partial charge in [0.1, 0.15) is 0 Å². The second-order valence-electron chi connectivity index (χ2n) is 7.54. The third kappa shape index (κ3) is 4.29. The van der Waals surface area contributed by atoms with Crippen LogP contribution in [0.25, 0.3) is 5.57 Å². The molecule has 2 aromatic carbocycles. The summed E-state index contributed by atoms with van der Waals surface area (Å²) in [6.45, 7) is 5.27. The first-order valence-electron chi connectivity index (χ1n) is 9.94. The van der Waals surface area contributed by atoms with Crippen LogP contribution in [0, 0.1) is 0 Å². The molecule has 5 nitrogen and oxygen atoms in total. The number of sulfonamides is 1. The van der Waals surface area contributed by atoms with Gasteiger partial charge in [-0.1, -0.05) is 36.0 Å². The van der Waals surface area contributed by atoms with E-state index in [1.807, 2.05) is 12.1 Å². The molecule has 2 aliphatic rings. The summed E-state index contributed by atoms with van der Waals surface area (Å²) < 4.78 is 26.6. The second kappa shape index (κ2) is 8.62.